The molecule has 0 saturated heterocycles. The van der Waals surface area contributed by atoms with Crippen molar-refractivity contribution in [3.63, 3.8) is 0 Å². The molecule has 0 amide bonds. The van der Waals surface area contributed by atoms with E-state index in [1.54, 1.807) is 10.1 Å². The lowest BCUT2D eigenvalue weighted by Gasteiger charge is -2.40. The summed E-state index contributed by atoms with van der Waals surface area (Å²) in [6, 6.07) is 18.7. The molecule has 35 heavy (non-hydrogen) atoms. The van der Waals surface area contributed by atoms with Crippen LogP contribution in [-0.4, -0.2) is 13.1 Å². The molecule has 2 heterocycles. The van der Waals surface area contributed by atoms with E-state index in [1.807, 2.05) is 0 Å². The molecule has 0 unspecified atom stereocenters. The number of fused-ring (bicyclic) bond motifs is 2. The SMILES string of the molecule is CC[Si](CC)(c1sc2c(-c3cc(C(C)(C)C)c4ccccc4c3)nccc2c1C)C1CCCCC1. The van der Waals surface area contributed by atoms with Gasteiger partial charge >= 0.3 is 0 Å². The van der Waals surface area contributed by atoms with E-state index in [0.717, 1.165) is 5.54 Å². The van der Waals surface area contributed by atoms with Crippen LogP contribution in [0.5, 0.6) is 0 Å². The fraction of sp³-hybridized carbons (Fsp3) is 0.469. The molecule has 0 atom stereocenters. The van der Waals surface area contributed by atoms with Crippen LogP contribution in [-0.2, 0) is 5.41 Å². The smallest absolute Gasteiger partial charge is 0.102 e. The summed E-state index contributed by atoms with van der Waals surface area (Å²) in [7, 11) is -1.56. The first-order chi connectivity index (χ1) is 16.8. The number of benzene rings is 2. The minimum Gasteiger partial charge on any atom is -0.255 e. The van der Waals surface area contributed by atoms with Gasteiger partial charge < -0.3 is 0 Å². The minimum absolute atomic E-state index is 0.0769. The number of aryl methyl sites for hydroxylation is 1. The largest absolute Gasteiger partial charge is 0.255 e. The van der Waals surface area contributed by atoms with Gasteiger partial charge in [0.25, 0.3) is 0 Å². The third-order valence-electron chi connectivity index (χ3n) is 8.90. The van der Waals surface area contributed by atoms with Gasteiger partial charge in [-0.3, -0.25) is 4.98 Å². The molecule has 1 nitrogen and oxygen atoms in total. The Balaban J connectivity index is 1.73. The molecule has 0 radical (unpaired) electrons. The van der Waals surface area contributed by atoms with Gasteiger partial charge in [-0.1, -0.05) is 103 Å². The van der Waals surface area contributed by atoms with Gasteiger partial charge in [0.1, 0.15) is 8.07 Å². The van der Waals surface area contributed by atoms with E-state index in [4.69, 9.17) is 4.98 Å². The van der Waals surface area contributed by atoms with Gasteiger partial charge in [-0.2, -0.15) is 0 Å². The summed E-state index contributed by atoms with van der Waals surface area (Å²) in [5.41, 5.74) is 6.44. The Kier molecular flexibility index (Phi) is 6.69. The summed E-state index contributed by atoms with van der Waals surface area (Å²) in [6.07, 6.45) is 9.26. The van der Waals surface area contributed by atoms with Crippen LogP contribution in [0.2, 0.25) is 17.6 Å². The monoisotopic (exact) mass is 499 g/mol. The summed E-state index contributed by atoms with van der Waals surface area (Å²) < 4.78 is 3.18. The predicted molar refractivity (Wildman–Crippen MR) is 159 cm³/mol. The lowest BCUT2D eigenvalue weighted by atomic mass is 9.82. The van der Waals surface area contributed by atoms with Gasteiger partial charge in [0.15, 0.2) is 0 Å². The highest BCUT2D eigenvalue weighted by Crippen LogP contribution is 2.45. The molecule has 0 aliphatic heterocycles. The lowest BCUT2D eigenvalue weighted by molar-refractivity contribution is 0.491. The zero-order chi connectivity index (χ0) is 24.8. The fourth-order valence-electron chi connectivity index (χ4n) is 6.89. The number of hydrogen-bond acceptors (Lipinski definition) is 2. The second-order valence-corrected chi connectivity index (χ2v) is 18.2. The topological polar surface area (TPSA) is 12.9 Å². The minimum atomic E-state index is -1.56. The van der Waals surface area contributed by atoms with Crippen LogP contribution in [0.25, 0.3) is 32.1 Å². The predicted octanol–water partition coefficient (Wildman–Crippen LogP) is 9.75. The Morgan fingerprint density at radius 3 is 2.34 bits per heavy atom. The lowest BCUT2D eigenvalue weighted by Crippen LogP contribution is -2.50. The van der Waals surface area contributed by atoms with E-state index in [0.29, 0.717) is 0 Å². The summed E-state index contributed by atoms with van der Waals surface area (Å²) >= 11 is 2.11. The molecule has 1 aliphatic carbocycles. The van der Waals surface area contributed by atoms with E-state index in [9.17, 15) is 0 Å². The second-order valence-electron chi connectivity index (χ2n) is 11.8. The van der Waals surface area contributed by atoms with Crippen LogP contribution in [0.15, 0.2) is 48.7 Å². The Morgan fingerprint density at radius 2 is 1.66 bits per heavy atom. The van der Waals surface area contributed by atoms with Crippen molar-refractivity contribution in [1.29, 1.82) is 0 Å². The van der Waals surface area contributed by atoms with Crippen molar-refractivity contribution in [2.45, 2.75) is 96.7 Å². The van der Waals surface area contributed by atoms with Crippen LogP contribution in [0.4, 0.5) is 0 Å². The van der Waals surface area contributed by atoms with E-state index in [2.05, 4.69) is 102 Å². The summed E-state index contributed by atoms with van der Waals surface area (Å²) in [4.78, 5) is 5.03. The summed E-state index contributed by atoms with van der Waals surface area (Å²) in [5.74, 6) is 0. The maximum Gasteiger partial charge on any atom is 0.102 e. The highest BCUT2D eigenvalue weighted by atomic mass is 32.1. The Bertz CT molecular complexity index is 1350. The van der Waals surface area contributed by atoms with Crippen molar-refractivity contribution in [3.8, 4) is 11.3 Å². The van der Waals surface area contributed by atoms with Crippen LogP contribution in [0, 0.1) is 6.92 Å². The van der Waals surface area contributed by atoms with Gasteiger partial charge in [-0.25, -0.2) is 0 Å². The molecule has 1 saturated carbocycles. The highest BCUT2D eigenvalue weighted by Gasteiger charge is 2.42. The van der Waals surface area contributed by atoms with Gasteiger partial charge in [-0.15, -0.1) is 11.3 Å². The number of nitrogens with zero attached hydrogens (tertiary/aromatic N) is 1. The van der Waals surface area contributed by atoms with Crippen LogP contribution >= 0.6 is 11.3 Å². The Hall–Kier alpha value is -1.97. The van der Waals surface area contributed by atoms with Gasteiger partial charge in [0, 0.05) is 11.8 Å². The molecule has 2 aromatic carbocycles. The maximum absolute atomic E-state index is 5.03. The van der Waals surface area contributed by atoms with Crippen LogP contribution in [0.3, 0.4) is 0 Å². The quantitative estimate of drug-likeness (QED) is 0.249. The third-order valence-corrected chi connectivity index (χ3v) is 17.5. The molecule has 0 bridgehead atoms. The van der Waals surface area contributed by atoms with Crippen LogP contribution < -0.4 is 4.50 Å². The van der Waals surface area contributed by atoms with Gasteiger partial charge in [-0.05, 0) is 67.9 Å². The molecule has 0 spiro atoms. The first-order valence-electron chi connectivity index (χ1n) is 13.7. The number of rotatable bonds is 5. The Morgan fingerprint density at radius 1 is 0.943 bits per heavy atom. The second kappa shape index (κ2) is 9.48. The third kappa shape index (κ3) is 4.19. The van der Waals surface area contributed by atoms with E-state index < -0.39 is 8.07 Å². The van der Waals surface area contributed by atoms with Crippen molar-refractivity contribution in [1.82, 2.24) is 4.98 Å². The molecule has 1 aliphatic rings. The van der Waals surface area contributed by atoms with Crippen molar-refractivity contribution < 1.29 is 0 Å². The highest BCUT2D eigenvalue weighted by molar-refractivity contribution is 7.32. The molecule has 1 fully saturated rings. The van der Waals surface area contributed by atoms with Gasteiger partial charge in [0.05, 0.1) is 10.4 Å². The number of aromatic nitrogens is 1. The van der Waals surface area contributed by atoms with E-state index >= 15 is 0 Å². The molecule has 2 aromatic heterocycles. The van der Waals surface area contributed by atoms with Crippen LogP contribution in [0.1, 0.15) is 77.8 Å². The van der Waals surface area contributed by atoms with Crippen molar-refractivity contribution in [3.05, 3.63) is 59.8 Å². The average molecular weight is 500 g/mol. The number of thiophene rings is 1. The zero-order valence-corrected chi connectivity index (χ0v) is 24.3. The maximum atomic E-state index is 5.03. The number of hydrogen-bond donors (Lipinski definition) is 0. The molecule has 5 rings (SSSR count). The molecular formula is C32H41NSSi. The van der Waals surface area contributed by atoms with E-state index in [1.165, 1.54) is 81.9 Å². The molecule has 184 valence electrons. The van der Waals surface area contributed by atoms with E-state index in [-0.39, 0.29) is 5.41 Å². The normalized spacial score (nSPS) is 15.8. The van der Waals surface area contributed by atoms with Crippen molar-refractivity contribution >= 4 is 44.8 Å². The fourth-order valence-corrected chi connectivity index (χ4v) is 15.5. The summed E-state index contributed by atoms with van der Waals surface area (Å²) in [5, 5.41) is 4.12. The molecule has 3 heteroatoms. The standard InChI is InChI=1S/C32H41NSSi/c1-7-35(8-2,25-15-10-9-11-16-25)31-22(3)26-18-19-33-29(30(26)34-31)24-20-23-14-12-13-17-27(23)28(21-24)32(4,5)6/h12-14,17-21,25H,7-11,15-16H2,1-6H3. The average Bonchev–Trinajstić information content (AvgIpc) is 3.21. The zero-order valence-electron chi connectivity index (χ0n) is 22.5. The summed E-state index contributed by atoms with van der Waals surface area (Å²) in [6.45, 7) is 14.4. The molecular weight excluding hydrogens is 459 g/mol. The van der Waals surface area contributed by atoms with Crippen molar-refractivity contribution in [2.24, 2.45) is 0 Å². The molecule has 4 aromatic rings. The first-order valence-corrected chi connectivity index (χ1v) is 17.0. The Labute approximate surface area is 217 Å². The number of pyridine rings is 1. The van der Waals surface area contributed by atoms with Crippen molar-refractivity contribution in [2.75, 3.05) is 0 Å². The first kappa shape index (κ1) is 24.7. The molecule has 0 N–H and O–H groups in total. The van der Waals surface area contributed by atoms with Gasteiger partial charge in [0.2, 0.25) is 0 Å².